The molecule has 112 valence electrons. The molecule has 0 spiro atoms. The molecule has 0 aliphatic heterocycles. The molecule has 1 aromatic carbocycles. The van der Waals surface area contributed by atoms with Gasteiger partial charge in [-0.15, -0.1) is 0 Å². The van der Waals surface area contributed by atoms with Gasteiger partial charge in [0.2, 0.25) is 10.0 Å². The van der Waals surface area contributed by atoms with Crippen LogP contribution in [0.4, 0.5) is 0 Å². The topological polar surface area (TPSA) is 113 Å². The number of aliphatic hydroxyl groups excluding tert-OH is 1. The second-order valence-electron chi connectivity index (χ2n) is 3.90. The Bertz CT molecular complexity index is 589. The minimum atomic E-state index is -3.94. The molecule has 1 aromatic rings. The second-order valence-corrected chi connectivity index (χ2v) is 6.47. The molecule has 0 aromatic heterocycles. The van der Waals surface area contributed by atoms with Gasteiger partial charge in [-0.3, -0.25) is 0 Å². The fourth-order valence-electron chi connectivity index (χ4n) is 1.45. The Morgan fingerprint density at radius 3 is 2.65 bits per heavy atom. The first-order valence-electron chi connectivity index (χ1n) is 5.46. The Morgan fingerprint density at radius 1 is 1.50 bits per heavy atom. The molecule has 0 aliphatic rings. The van der Waals surface area contributed by atoms with Crippen molar-refractivity contribution >= 4 is 31.9 Å². The highest BCUT2D eigenvalue weighted by Crippen LogP contribution is 2.21. The lowest BCUT2D eigenvalue weighted by Crippen LogP contribution is -2.40. The maximum atomic E-state index is 12.1. The number of ether oxygens (including phenoxy) is 1. The fraction of sp³-hybridized carbons (Fsp3) is 0.364. The van der Waals surface area contributed by atoms with E-state index in [1.165, 1.54) is 19.2 Å². The van der Waals surface area contributed by atoms with Crippen LogP contribution in [0.15, 0.2) is 27.6 Å². The van der Waals surface area contributed by atoms with E-state index in [9.17, 15) is 13.2 Å². The normalized spacial score (nSPS) is 13.2. The monoisotopic (exact) mass is 367 g/mol. The van der Waals surface area contributed by atoms with Crippen molar-refractivity contribution in [2.75, 3.05) is 20.3 Å². The number of carbonyl (C=O) groups is 1. The third kappa shape index (κ3) is 4.25. The van der Waals surface area contributed by atoms with Crippen LogP contribution < -0.4 is 4.72 Å². The number of hydrogen-bond acceptors (Lipinski definition) is 5. The van der Waals surface area contributed by atoms with Crippen LogP contribution in [-0.4, -0.2) is 51.0 Å². The zero-order valence-corrected chi connectivity index (χ0v) is 12.9. The molecule has 1 unspecified atom stereocenters. The largest absolute Gasteiger partial charge is 0.478 e. The first-order chi connectivity index (χ1) is 9.31. The number of hydrogen-bond donors (Lipinski definition) is 3. The smallest absolute Gasteiger partial charge is 0.336 e. The molecule has 0 heterocycles. The molecule has 0 bridgehead atoms. The molecule has 1 rings (SSSR count). The van der Waals surface area contributed by atoms with Crippen molar-refractivity contribution < 1.29 is 28.2 Å². The maximum absolute atomic E-state index is 12.1. The van der Waals surface area contributed by atoms with Crippen molar-refractivity contribution in [3.63, 3.8) is 0 Å². The summed E-state index contributed by atoms with van der Waals surface area (Å²) in [5.74, 6) is -1.25. The molecular formula is C11H14BrNO6S. The summed E-state index contributed by atoms with van der Waals surface area (Å²) in [6.45, 7) is -0.437. The number of aliphatic hydroxyl groups is 1. The molecule has 0 amide bonds. The van der Waals surface area contributed by atoms with E-state index >= 15 is 0 Å². The summed E-state index contributed by atoms with van der Waals surface area (Å²) in [5.41, 5.74) is -0.167. The highest BCUT2D eigenvalue weighted by atomic mass is 79.9. The number of methoxy groups -OCH3 is 1. The van der Waals surface area contributed by atoms with E-state index in [2.05, 4.69) is 20.7 Å². The lowest BCUT2D eigenvalue weighted by molar-refractivity contribution is 0.0695. The molecule has 0 aliphatic carbocycles. The highest BCUT2D eigenvalue weighted by molar-refractivity contribution is 9.10. The highest BCUT2D eigenvalue weighted by Gasteiger charge is 2.21. The second kappa shape index (κ2) is 7.14. The van der Waals surface area contributed by atoms with Crippen LogP contribution in [-0.2, 0) is 14.8 Å². The molecule has 0 fully saturated rings. The standard InChI is InChI=1S/C11H14BrNO6S/c1-19-6-7(5-14)13-20(17,18)8-2-3-10(12)9(4-8)11(15)16/h2-4,7,13-14H,5-6H2,1H3,(H,15,16). The Kier molecular flexibility index (Phi) is 6.08. The Morgan fingerprint density at radius 2 is 2.15 bits per heavy atom. The molecule has 0 saturated carbocycles. The minimum Gasteiger partial charge on any atom is -0.478 e. The van der Waals surface area contributed by atoms with Gasteiger partial charge in [0.25, 0.3) is 0 Å². The molecule has 9 heteroatoms. The van der Waals surface area contributed by atoms with E-state index in [0.29, 0.717) is 0 Å². The zero-order chi connectivity index (χ0) is 15.3. The lowest BCUT2D eigenvalue weighted by atomic mass is 10.2. The summed E-state index contributed by atoms with van der Waals surface area (Å²) >= 11 is 3.03. The van der Waals surface area contributed by atoms with Crippen LogP contribution in [0.25, 0.3) is 0 Å². The lowest BCUT2D eigenvalue weighted by Gasteiger charge is -2.15. The number of halogens is 1. The maximum Gasteiger partial charge on any atom is 0.336 e. The average molecular weight is 368 g/mol. The van der Waals surface area contributed by atoms with E-state index in [0.717, 1.165) is 6.07 Å². The van der Waals surface area contributed by atoms with Gasteiger partial charge in [-0.2, -0.15) is 0 Å². The van der Waals surface area contributed by atoms with Crippen molar-refractivity contribution in [1.29, 1.82) is 0 Å². The van der Waals surface area contributed by atoms with E-state index in [1.807, 2.05) is 0 Å². The first kappa shape index (κ1) is 17.1. The van der Waals surface area contributed by atoms with Gasteiger partial charge in [0, 0.05) is 11.6 Å². The molecule has 1 atom stereocenters. The Balaban J connectivity index is 3.09. The van der Waals surface area contributed by atoms with E-state index in [4.69, 9.17) is 14.9 Å². The van der Waals surface area contributed by atoms with Gasteiger partial charge in [0.05, 0.1) is 29.7 Å². The molecular weight excluding hydrogens is 354 g/mol. The van der Waals surface area contributed by atoms with Gasteiger partial charge >= 0.3 is 5.97 Å². The number of benzene rings is 1. The quantitative estimate of drug-likeness (QED) is 0.644. The van der Waals surface area contributed by atoms with Crippen LogP contribution in [0.3, 0.4) is 0 Å². The number of carboxylic acid groups (broad SMARTS) is 1. The van der Waals surface area contributed by atoms with Gasteiger partial charge in [0.15, 0.2) is 0 Å². The molecule has 0 saturated heterocycles. The third-order valence-corrected chi connectivity index (χ3v) is 4.60. The molecule has 3 N–H and O–H groups in total. The van der Waals surface area contributed by atoms with Crippen LogP contribution in [0.1, 0.15) is 10.4 Å². The van der Waals surface area contributed by atoms with Crippen molar-refractivity contribution in [2.45, 2.75) is 10.9 Å². The van der Waals surface area contributed by atoms with Gasteiger partial charge in [-0.25, -0.2) is 17.9 Å². The van der Waals surface area contributed by atoms with Crippen molar-refractivity contribution in [1.82, 2.24) is 4.72 Å². The number of nitrogens with one attached hydrogen (secondary N) is 1. The SMILES string of the molecule is COCC(CO)NS(=O)(=O)c1ccc(Br)c(C(=O)O)c1. The van der Waals surface area contributed by atoms with Crippen molar-refractivity contribution in [3.8, 4) is 0 Å². The number of sulfonamides is 1. The Labute approximate surface area is 124 Å². The fourth-order valence-corrected chi connectivity index (χ4v) is 3.10. The molecule has 0 radical (unpaired) electrons. The van der Waals surface area contributed by atoms with Gasteiger partial charge in [0.1, 0.15) is 0 Å². The minimum absolute atomic E-state index is 0.00194. The molecule has 7 nitrogen and oxygen atoms in total. The Hall–Kier alpha value is -1.00. The summed E-state index contributed by atoms with van der Waals surface area (Å²) in [5, 5.41) is 18.0. The number of carboxylic acids is 1. The predicted octanol–water partition coefficient (Wildman–Crippen LogP) is 0.433. The van der Waals surface area contributed by atoms with E-state index in [-0.39, 0.29) is 21.5 Å². The summed E-state index contributed by atoms with van der Waals surface area (Å²) < 4.78 is 31.4. The van der Waals surface area contributed by atoms with Crippen LogP contribution in [0.2, 0.25) is 0 Å². The predicted molar refractivity (Wildman–Crippen MR) is 74.2 cm³/mol. The number of aromatic carboxylic acids is 1. The van der Waals surface area contributed by atoms with Gasteiger partial charge in [-0.05, 0) is 34.1 Å². The van der Waals surface area contributed by atoms with Crippen LogP contribution >= 0.6 is 15.9 Å². The van der Waals surface area contributed by atoms with E-state index < -0.39 is 28.6 Å². The zero-order valence-electron chi connectivity index (χ0n) is 10.5. The summed E-state index contributed by atoms with van der Waals surface area (Å²) in [6.07, 6.45) is 0. The van der Waals surface area contributed by atoms with E-state index in [1.54, 1.807) is 0 Å². The average Bonchev–Trinajstić information content (AvgIpc) is 2.37. The van der Waals surface area contributed by atoms with Crippen molar-refractivity contribution in [2.24, 2.45) is 0 Å². The first-order valence-corrected chi connectivity index (χ1v) is 7.74. The number of rotatable bonds is 7. The summed E-state index contributed by atoms with van der Waals surface area (Å²) in [6, 6.07) is 2.83. The summed E-state index contributed by atoms with van der Waals surface area (Å²) in [4.78, 5) is 10.8. The van der Waals surface area contributed by atoms with Crippen molar-refractivity contribution in [3.05, 3.63) is 28.2 Å². The van der Waals surface area contributed by atoms with Crippen LogP contribution in [0, 0.1) is 0 Å². The molecule has 20 heavy (non-hydrogen) atoms. The van der Waals surface area contributed by atoms with Gasteiger partial charge in [-0.1, -0.05) is 0 Å². The third-order valence-electron chi connectivity index (χ3n) is 2.39. The van der Waals surface area contributed by atoms with Gasteiger partial charge < -0.3 is 14.9 Å². The van der Waals surface area contributed by atoms with Crippen LogP contribution in [0.5, 0.6) is 0 Å². The summed E-state index contributed by atoms with van der Waals surface area (Å²) in [7, 11) is -2.57.